The minimum atomic E-state index is -1.17. The molecule has 3 aromatic rings. The molecule has 0 bridgehead atoms. The summed E-state index contributed by atoms with van der Waals surface area (Å²) in [5.74, 6) is -0.0705. The van der Waals surface area contributed by atoms with Crippen LogP contribution in [0.3, 0.4) is 0 Å². The second-order valence-corrected chi connectivity index (χ2v) is 5.62. The van der Waals surface area contributed by atoms with E-state index in [1.165, 1.54) is 17.7 Å². The number of methoxy groups -OCH3 is 1. The number of rotatable bonds is 3. The fourth-order valence-electron chi connectivity index (χ4n) is 2.82. The zero-order valence-electron chi connectivity index (χ0n) is 13.8. The molecule has 1 aromatic carbocycles. The van der Waals surface area contributed by atoms with Crippen molar-refractivity contribution in [2.75, 3.05) is 7.11 Å². The lowest BCUT2D eigenvalue weighted by atomic mass is 10.1. The van der Waals surface area contributed by atoms with E-state index in [4.69, 9.17) is 4.74 Å². The van der Waals surface area contributed by atoms with Crippen LogP contribution in [0.5, 0.6) is 5.75 Å². The van der Waals surface area contributed by atoms with E-state index in [1.807, 2.05) is 6.07 Å². The van der Waals surface area contributed by atoms with E-state index in [-0.39, 0.29) is 16.7 Å². The summed E-state index contributed by atoms with van der Waals surface area (Å²) in [4.78, 5) is 28.3. The number of aryl methyl sites for hydroxylation is 2. The van der Waals surface area contributed by atoms with Gasteiger partial charge in [-0.15, -0.1) is 0 Å². The number of fused-ring (bicyclic) bond motifs is 1. The molecule has 0 saturated heterocycles. The molecular formula is C17H17N3O4. The minimum Gasteiger partial charge on any atom is -0.497 e. The molecule has 0 aliphatic carbocycles. The molecule has 0 atom stereocenters. The molecule has 0 fully saturated rings. The van der Waals surface area contributed by atoms with Gasteiger partial charge in [-0.05, 0) is 26.0 Å². The fraction of sp³-hybridized carbons (Fsp3) is 0.235. The van der Waals surface area contributed by atoms with E-state index in [1.54, 1.807) is 37.8 Å². The molecular weight excluding hydrogens is 310 g/mol. The molecule has 7 heteroatoms. The Bertz CT molecular complexity index is 1030. The van der Waals surface area contributed by atoms with E-state index in [0.29, 0.717) is 22.8 Å². The number of carboxylic acids is 1. The summed E-state index contributed by atoms with van der Waals surface area (Å²) in [6, 6.07) is 5.42. The topological polar surface area (TPSA) is 86.3 Å². The molecule has 0 saturated carbocycles. The van der Waals surface area contributed by atoms with Gasteiger partial charge in [-0.1, -0.05) is 0 Å². The summed E-state index contributed by atoms with van der Waals surface area (Å²) in [6.45, 7) is 3.17. The number of benzene rings is 1. The number of pyridine rings is 1. The minimum absolute atomic E-state index is 0.0871. The highest BCUT2D eigenvalue weighted by atomic mass is 16.5. The van der Waals surface area contributed by atoms with Crippen molar-refractivity contribution in [2.45, 2.75) is 13.8 Å². The van der Waals surface area contributed by atoms with Crippen LogP contribution in [0.1, 0.15) is 21.6 Å². The van der Waals surface area contributed by atoms with Crippen molar-refractivity contribution < 1.29 is 14.6 Å². The van der Waals surface area contributed by atoms with Crippen LogP contribution in [0.15, 0.2) is 29.2 Å². The first-order valence-electron chi connectivity index (χ1n) is 7.32. The summed E-state index contributed by atoms with van der Waals surface area (Å²) in [7, 11) is 3.37. The Balaban J connectivity index is 2.38. The van der Waals surface area contributed by atoms with Gasteiger partial charge in [0.2, 0.25) is 5.95 Å². The number of hydrogen-bond donors (Lipinski definition) is 1. The SMILES string of the molecule is COc1ccc2nc(-n3cc(C)c(=O)c(C)c3C(=O)O)n(C)c2c1. The Kier molecular flexibility index (Phi) is 3.63. The summed E-state index contributed by atoms with van der Waals surface area (Å²) in [5.41, 5.74) is 1.79. The number of imidazole rings is 1. The molecule has 2 aromatic heterocycles. The average molecular weight is 327 g/mol. The number of carbonyl (C=O) groups is 1. The van der Waals surface area contributed by atoms with Crippen molar-refractivity contribution in [1.82, 2.24) is 14.1 Å². The number of aromatic carboxylic acids is 1. The van der Waals surface area contributed by atoms with Crippen LogP contribution in [0, 0.1) is 13.8 Å². The van der Waals surface area contributed by atoms with Crippen molar-refractivity contribution in [1.29, 1.82) is 0 Å². The zero-order valence-corrected chi connectivity index (χ0v) is 13.8. The molecule has 0 aliphatic heterocycles. The first-order valence-corrected chi connectivity index (χ1v) is 7.32. The predicted molar refractivity (Wildman–Crippen MR) is 89.3 cm³/mol. The predicted octanol–water partition coefficient (Wildman–Crippen LogP) is 2.05. The monoisotopic (exact) mass is 327 g/mol. The van der Waals surface area contributed by atoms with Gasteiger partial charge in [0.1, 0.15) is 11.4 Å². The number of aromatic nitrogens is 3. The molecule has 0 radical (unpaired) electrons. The summed E-state index contributed by atoms with van der Waals surface area (Å²) in [6.07, 6.45) is 1.51. The quantitative estimate of drug-likeness (QED) is 0.795. The van der Waals surface area contributed by atoms with Crippen LogP contribution >= 0.6 is 0 Å². The Hall–Kier alpha value is -3.09. The largest absolute Gasteiger partial charge is 0.497 e. The third-order valence-electron chi connectivity index (χ3n) is 4.10. The smallest absolute Gasteiger partial charge is 0.353 e. The maximum atomic E-state index is 12.1. The summed E-state index contributed by atoms with van der Waals surface area (Å²) >= 11 is 0. The third-order valence-corrected chi connectivity index (χ3v) is 4.10. The van der Waals surface area contributed by atoms with Gasteiger partial charge in [0, 0.05) is 30.4 Å². The van der Waals surface area contributed by atoms with Crippen LogP contribution in [-0.4, -0.2) is 32.3 Å². The Labute approximate surface area is 137 Å². The highest BCUT2D eigenvalue weighted by molar-refractivity contribution is 5.88. The maximum Gasteiger partial charge on any atom is 0.353 e. The van der Waals surface area contributed by atoms with E-state index < -0.39 is 5.97 Å². The van der Waals surface area contributed by atoms with E-state index in [2.05, 4.69) is 4.98 Å². The number of hydrogen-bond acceptors (Lipinski definition) is 4. The van der Waals surface area contributed by atoms with Gasteiger partial charge in [-0.3, -0.25) is 9.36 Å². The molecule has 124 valence electrons. The lowest BCUT2D eigenvalue weighted by Crippen LogP contribution is -2.23. The van der Waals surface area contributed by atoms with Gasteiger partial charge < -0.3 is 14.4 Å². The standard InChI is InChI=1S/C17H17N3O4/c1-9-8-20(14(16(22)23)10(2)15(9)21)17-18-12-6-5-11(24-4)7-13(12)19(17)3/h5-8H,1-4H3,(H,22,23). The van der Waals surface area contributed by atoms with Gasteiger partial charge in [0.15, 0.2) is 5.43 Å². The highest BCUT2D eigenvalue weighted by Crippen LogP contribution is 2.24. The van der Waals surface area contributed by atoms with Crippen LogP contribution in [-0.2, 0) is 7.05 Å². The Morgan fingerprint density at radius 2 is 2.00 bits per heavy atom. The van der Waals surface area contributed by atoms with Gasteiger partial charge in [0.25, 0.3) is 0 Å². The number of carboxylic acid groups (broad SMARTS) is 1. The number of ether oxygens (including phenoxy) is 1. The molecule has 7 nitrogen and oxygen atoms in total. The van der Waals surface area contributed by atoms with Crippen molar-refractivity contribution in [3.05, 3.63) is 51.4 Å². The first kappa shape index (κ1) is 15.8. The fourth-order valence-corrected chi connectivity index (χ4v) is 2.82. The van der Waals surface area contributed by atoms with Crippen molar-refractivity contribution >= 4 is 17.0 Å². The van der Waals surface area contributed by atoms with Gasteiger partial charge in [-0.2, -0.15) is 0 Å². The maximum absolute atomic E-state index is 12.1. The summed E-state index contributed by atoms with van der Waals surface area (Å²) < 4.78 is 8.44. The lowest BCUT2D eigenvalue weighted by Gasteiger charge is -2.13. The second-order valence-electron chi connectivity index (χ2n) is 5.62. The third kappa shape index (κ3) is 2.25. The summed E-state index contributed by atoms with van der Waals surface area (Å²) in [5, 5.41) is 9.55. The molecule has 0 spiro atoms. The van der Waals surface area contributed by atoms with Crippen molar-refractivity contribution in [2.24, 2.45) is 7.05 Å². The lowest BCUT2D eigenvalue weighted by molar-refractivity contribution is 0.0685. The van der Waals surface area contributed by atoms with E-state index >= 15 is 0 Å². The van der Waals surface area contributed by atoms with Crippen LogP contribution < -0.4 is 10.2 Å². The van der Waals surface area contributed by atoms with Crippen molar-refractivity contribution in [3.8, 4) is 11.7 Å². The molecule has 0 amide bonds. The van der Waals surface area contributed by atoms with E-state index in [0.717, 1.165) is 5.52 Å². The van der Waals surface area contributed by atoms with Gasteiger partial charge >= 0.3 is 5.97 Å². The highest BCUT2D eigenvalue weighted by Gasteiger charge is 2.21. The number of nitrogens with zero attached hydrogens (tertiary/aromatic N) is 3. The average Bonchev–Trinajstić information content (AvgIpc) is 2.88. The molecule has 2 heterocycles. The second kappa shape index (κ2) is 5.52. The first-order chi connectivity index (χ1) is 11.3. The Morgan fingerprint density at radius 3 is 2.62 bits per heavy atom. The molecule has 0 unspecified atom stereocenters. The Morgan fingerprint density at radius 1 is 1.29 bits per heavy atom. The molecule has 1 N–H and O–H groups in total. The molecule has 3 rings (SSSR count). The van der Waals surface area contributed by atoms with Crippen LogP contribution in [0.25, 0.3) is 17.0 Å². The normalized spacial score (nSPS) is 11.0. The zero-order chi connectivity index (χ0) is 17.6. The van der Waals surface area contributed by atoms with Crippen LogP contribution in [0.2, 0.25) is 0 Å². The molecule has 24 heavy (non-hydrogen) atoms. The van der Waals surface area contributed by atoms with Gasteiger partial charge in [0.05, 0.1) is 18.1 Å². The van der Waals surface area contributed by atoms with Crippen molar-refractivity contribution in [3.63, 3.8) is 0 Å². The van der Waals surface area contributed by atoms with Gasteiger partial charge in [-0.25, -0.2) is 9.78 Å². The van der Waals surface area contributed by atoms with E-state index in [9.17, 15) is 14.7 Å². The van der Waals surface area contributed by atoms with Crippen LogP contribution in [0.4, 0.5) is 0 Å². The molecule has 0 aliphatic rings.